The van der Waals surface area contributed by atoms with Crippen LogP contribution in [-0.2, 0) is 50.3 Å². The topological polar surface area (TPSA) is 4.36 Å². The van der Waals surface area contributed by atoms with Gasteiger partial charge in [-0.1, -0.05) is 40.2 Å². The highest BCUT2D eigenvalue weighted by atomic mass is 79.9. The molecule has 0 saturated heterocycles. The Labute approximate surface area is 125 Å². The summed E-state index contributed by atoms with van der Waals surface area (Å²) in [7, 11) is 6.83. The summed E-state index contributed by atoms with van der Waals surface area (Å²) in [6.07, 6.45) is 0. The molecule has 0 atom stereocenters. The zero-order valence-corrected chi connectivity index (χ0v) is 15.0. The molecule has 0 N–H and O–H groups in total. The average Bonchev–Trinajstić information content (AvgIpc) is 2.32. The SMILES string of the molecule is S=PP=S=S=S=S.[C-]#[N+]c1ccc(Br)cc1. The maximum Gasteiger partial charge on any atom is 0.187 e. The van der Waals surface area contributed by atoms with Gasteiger partial charge >= 0.3 is 0 Å². The van der Waals surface area contributed by atoms with E-state index in [-0.39, 0.29) is 0 Å². The van der Waals surface area contributed by atoms with Crippen LogP contribution in [0.5, 0.6) is 0 Å². The molecular weight excluding hydrogens is 400 g/mol. The van der Waals surface area contributed by atoms with E-state index in [1.54, 1.807) is 30.5 Å². The Balaban J connectivity index is 0.000000293. The van der Waals surface area contributed by atoms with Crippen molar-refractivity contribution in [3.63, 3.8) is 0 Å². The largest absolute Gasteiger partial charge is 0.238 e. The summed E-state index contributed by atoms with van der Waals surface area (Å²) in [5.74, 6) is 0. The highest BCUT2D eigenvalue weighted by molar-refractivity contribution is 9.10. The highest BCUT2D eigenvalue weighted by Crippen LogP contribution is 2.15. The van der Waals surface area contributed by atoms with E-state index >= 15 is 0 Å². The molecule has 16 heavy (non-hydrogen) atoms. The molecule has 9 heteroatoms. The van der Waals surface area contributed by atoms with Gasteiger partial charge < -0.3 is 0 Å². The van der Waals surface area contributed by atoms with Crippen LogP contribution < -0.4 is 0 Å². The van der Waals surface area contributed by atoms with Crippen molar-refractivity contribution in [3.8, 4) is 0 Å². The highest BCUT2D eigenvalue weighted by Gasteiger charge is 1.86. The van der Waals surface area contributed by atoms with E-state index in [1.807, 2.05) is 12.1 Å². The van der Waals surface area contributed by atoms with Gasteiger partial charge in [0.25, 0.3) is 0 Å². The van der Waals surface area contributed by atoms with Crippen LogP contribution in [0.15, 0.2) is 28.7 Å². The molecule has 0 aromatic heterocycles. The molecule has 0 saturated carbocycles. The van der Waals surface area contributed by atoms with E-state index in [0.717, 1.165) is 11.5 Å². The van der Waals surface area contributed by atoms with Crippen molar-refractivity contribution in [2.45, 2.75) is 0 Å². The summed E-state index contributed by atoms with van der Waals surface area (Å²) in [5, 5.41) is 0. The molecule has 0 fully saturated rings. The smallest absolute Gasteiger partial charge is 0.187 e. The number of hydrogen-bond donors (Lipinski definition) is 0. The molecule has 0 spiro atoms. The second-order valence-corrected chi connectivity index (χ2v) is 12.6. The number of halogens is 1. The van der Waals surface area contributed by atoms with E-state index < -0.39 is 0 Å². The van der Waals surface area contributed by atoms with Crippen molar-refractivity contribution in [2.75, 3.05) is 0 Å². The zero-order chi connectivity index (χ0) is 12.2. The molecule has 1 aromatic rings. The lowest BCUT2D eigenvalue weighted by Gasteiger charge is -1.86. The number of benzene rings is 1. The molecular formula is C7H4BrNP2S5. The second-order valence-electron chi connectivity index (χ2n) is 1.96. The quantitative estimate of drug-likeness (QED) is 0.493. The summed E-state index contributed by atoms with van der Waals surface area (Å²) in [6, 6.07) is 7.26. The fourth-order valence-electron chi connectivity index (χ4n) is 0.555. The van der Waals surface area contributed by atoms with Crippen LogP contribution in [0.1, 0.15) is 0 Å². The molecule has 0 amide bonds. The first-order chi connectivity index (χ1) is 7.74. The van der Waals surface area contributed by atoms with Gasteiger partial charge in [0, 0.05) is 18.6 Å². The van der Waals surface area contributed by atoms with Crippen LogP contribution in [0.4, 0.5) is 5.69 Å². The van der Waals surface area contributed by atoms with Crippen molar-refractivity contribution in [2.24, 2.45) is 0 Å². The Morgan fingerprint density at radius 3 is 2.38 bits per heavy atom. The van der Waals surface area contributed by atoms with E-state index in [0.29, 0.717) is 5.69 Å². The average molecular weight is 404 g/mol. The first-order valence-electron chi connectivity index (χ1n) is 3.52. The minimum Gasteiger partial charge on any atom is -0.238 e. The Morgan fingerprint density at radius 2 is 1.94 bits per heavy atom. The molecule has 84 valence electrons. The van der Waals surface area contributed by atoms with E-state index in [1.165, 1.54) is 15.9 Å². The van der Waals surface area contributed by atoms with Crippen molar-refractivity contribution < 1.29 is 0 Å². The van der Waals surface area contributed by atoms with Crippen molar-refractivity contribution in [3.05, 3.63) is 40.2 Å². The minimum absolute atomic E-state index is 0.679. The van der Waals surface area contributed by atoms with Gasteiger partial charge in [-0.2, -0.15) is 0 Å². The fraction of sp³-hybridized carbons (Fsp3) is 0. The third-order valence-corrected chi connectivity index (χ3v) is 11.6. The number of nitrogens with zero attached hydrogens (tertiary/aromatic N) is 1. The summed E-state index contributed by atoms with van der Waals surface area (Å²) in [4.78, 5) is 3.24. The summed E-state index contributed by atoms with van der Waals surface area (Å²) in [5.41, 5.74) is 0.679. The van der Waals surface area contributed by atoms with Crippen molar-refractivity contribution >= 4 is 86.0 Å². The van der Waals surface area contributed by atoms with Gasteiger partial charge in [0.1, 0.15) is 0 Å². The van der Waals surface area contributed by atoms with Crippen LogP contribution in [0.2, 0.25) is 0 Å². The maximum atomic E-state index is 6.62. The monoisotopic (exact) mass is 403 g/mol. The third-order valence-electron chi connectivity index (χ3n) is 1.08. The van der Waals surface area contributed by atoms with Gasteiger partial charge in [0.05, 0.1) is 6.57 Å². The van der Waals surface area contributed by atoms with E-state index in [2.05, 4.69) is 43.8 Å². The normalized spacial score (nSPS) is 8.50. The molecule has 1 aromatic carbocycles. The first-order valence-corrected chi connectivity index (χ1v) is 12.8. The predicted octanol–water partition coefficient (Wildman–Crippen LogP) is 4.71. The van der Waals surface area contributed by atoms with Crippen LogP contribution in [0.25, 0.3) is 4.85 Å². The van der Waals surface area contributed by atoms with Crippen LogP contribution in [-0.4, -0.2) is 0 Å². The Kier molecular flexibility index (Phi) is 13.0. The molecule has 1 rings (SSSR count). The van der Waals surface area contributed by atoms with Gasteiger partial charge in [-0.05, 0) is 50.3 Å². The van der Waals surface area contributed by atoms with Gasteiger partial charge in [-0.3, -0.25) is 0 Å². The molecule has 0 unspecified atom stereocenters. The van der Waals surface area contributed by atoms with Gasteiger partial charge in [0.2, 0.25) is 0 Å². The van der Waals surface area contributed by atoms with Gasteiger partial charge in [-0.15, -0.1) is 0 Å². The Bertz CT molecular complexity index is 507. The zero-order valence-electron chi connectivity index (χ0n) is 7.57. The Hall–Kier alpha value is 0.890. The van der Waals surface area contributed by atoms with E-state index in [4.69, 9.17) is 6.57 Å². The third kappa shape index (κ3) is 10.1. The standard InChI is InChI=1S/C7H4BrN.P2S5/c1-9-7-4-2-6(8)3-5-7;3-1-2-5-7-6-4/h2-5H;. The van der Waals surface area contributed by atoms with Crippen LogP contribution in [0.3, 0.4) is 0 Å². The maximum absolute atomic E-state index is 6.62. The number of rotatable bonds is 1. The van der Waals surface area contributed by atoms with E-state index in [9.17, 15) is 0 Å². The minimum atomic E-state index is 0.679. The van der Waals surface area contributed by atoms with Crippen LogP contribution in [0, 0.1) is 6.57 Å². The fourth-order valence-corrected chi connectivity index (χ4v) is 10.4. The number of hydrogen-bond acceptors (Lipinski definition) is 2. The molecule has 1 nitrogen and oxygen atoms in total. The molecule has 0 aliphatic heterocycles. The second kappa shape index (κ2) is 12.3. The lowest BCUT2D eigenvalue weighted by atomic mass is 10.3. The molecule has 0 aliphatic rings. The van der Waals surface area contributed by atoms with Crippen LogP contribution >= 0.6 is 30.0 Å². The lowest BCUT2D eigenvalue weighted by Crippen LogP contribution is -1.59. The molecule has 0 aliphatic carbocycles. The molecule has 0 heterocycles. The Morgan fingerprint density at radius 1 is 1.31 bits per heavy atom. The molecule has 0 radical (unpaired) electrons. The van der Waals surface area contributed by atoms with Gasteiger partial charge in [-0.25, -0.2) is 4.85 Å². The van der Waals surface area contributed by atoms with Crippen molar-refractivity contribution in [1.29, 1.82) is 0 Å². The molecule has 0 bridgehead atoms. The van der Waals surface area contributed by atoms with Crippen molar-refractivity contribution in [1.82, 2.24) is 0 Å². The first kappa shape index (κ1) is 16.9. The lowest BCUT2D eigenvalue weighted by molar-refractivity contribution is 1.66. The summed E-state index contributed by atoms with van der Waals surface area (Å²) < 4.78 is 1.01. The summed E-state index contributed by atoms with van der Waals surface area (Å²) >= 11 is 12.5. The van der Waals surface area contributed by atoms with Gasteiger partial charge in [0.15, 0.2) is 5.69 Å². The predicted molar refractivity (Wildman–Crippen MR) is 91.1 cm³/mol. The summed E-state index contributed by atoms with van der Waals surface area (Å²) in [6.45, 7) is 6.62.